The Kier molecular flexibility index (Phi) is 8.48. The lowest BCUT2D eigenvalue weighted by molar-refractivity contribution is -0.384. The van der Waals surface area contributed by atoms with E-state index in [0.29, 0.717) is 9.10 Å². The number of hydrogen-bond acceptors (Lipinski definition) is 9. The van der Waals surface area contributed by atoms with Gasteiger partial charge >= 0.3 is 6.36 Å². The number of nitrogens with zero attached hydrogens (tertiary/aromatic N) is 3. The van der Waals surface area contributed by atoms with Crippen molar-refractivity contribution in [2.24, 2.45) is 0 Å². The van der Waals surface area contributed by atoms with Crippen LogP contribution in [0, 0.1) is 10.1 Å². The van der Waals surface area contributed by atoms with Crippen molar-refractivity contribution in [3.63, 3.8) is 0 Å². The Morgan fingerprint density at radius 3 is 2.27 bits per heavy atom. The van der Waals surface area contributed by atoms with Crippen LogP contribution in [0.2, 0.25) is 0 Å². The van der Waals surface area contributed by atoms with Crippen molar-refractivity contribution in [2.75, 3.05) is 4.90 Å². The van der Waals surface area contributed by atoms with Crippen LogP contribution < -0.4 is 9.64 Å². The Bertz CT molecular complexity index is 1750. The van der Waals surface area contributed by atoms with Gasteiger partial charge in [-0.25, -0.2) is 4.98 Å². The molecule has 226 valence electrons. The number of alkyl halides is 3. The maximum Gasteiger partial charge on any atom is 0.573 e. The number of Topliss-reactive ketones (excluding diaryl/α,β-unsaturated/α-hetero) is 1. The predicted molar refractivity (Wildman–Crippen MR) is 157 cm³/mol. The average molecular weight is 642 g/mol. The number of aliphatic hydroxyl groups excluding tert-OH is 1. The van der Waals surface area contributed by atoms with Crippen molar-refractivity contribution in [1.82, 2.24) is 4.98 Å². The fourth-order valence-corrected chi connectivity index (χ4v) is 6.50. The molecule has 1 atom stereocenters. The minimum Gasteiger partial charge on any atom is -0.503 e. The number of ether oxygens (including phenoxy) is 1. The topological polar surface area (TPSA) is 123 Å². The summed E-state index contributed by atoms with van der Waals surface area (Å²) in [6.07, 6.45) is -3.45. The molecule has 44 heavy (non-hydrogen) atoms. The highest BCUT2D eigenvalue weighted by atomic mass is 32.2. The Morgan fingerprint density at radius 2 is 1.70 bits per heavy atom. The number of halogens is 3. The summed E-state index contributed by atoms with van der Waals surface area (Å²) in [6, 6.07) is 16.0. The molecule has 0 bridgehead atoms. The lowest BCUT2D eigenvalue weighted by atomic mass is 9.91. The zero-order valence-corrected chi connectivity index (χ0v) is 24.6. The molecular weight excluding hydrogens is 619 g/mol. The van der Waals surface area contributed by atoms with E-state index >= 15 is 0 Å². The summed E-state index contributed by atoms with van der Waals surface area (Å²) in [4.78, 5) is 43.8. The van der Waals surface area contributed by atoms with Crippen LogP contribution in [0.25, 0.3) is 0 Å². The fourth-order valence-electron chi connectivity index (χ4n) is 4.54. The molecule has 5 rings (SSSR count). The van der Waals surface area contributed by atoms with E-state index in [4.69, 9.17) is 0 Å². The molecule has 4 aromatic rings. The van der Waals surface area contributed by atoms with Crippen LogP contribution in [0.5, 0.6) is 5.75 Å². The van der Waals surface area contributed by atoms with Crippen molar-refractivity contribution < 1.29 is 37.5 Å². The van der Waals surface area contributed by atoms with E-state index in [-0.39, 0.29) is 33.4 Å². The van der Waals surface area contributed by atoms with Gasteiger partial charge < -0.3 is 9.84 Å². The summed E-state index contributed by atoms with van der Waals surface area (Å²) in [6.45, 7) is 3.98. The summed E-state index contributed by atoms with van der Waals surface area (Å²) in [5.41, 5.74) is 1.09. The molecule has 0 aliphatic carbocycles. The summed E-state index contributed by atoms with van der Waals surface area (Å²) in [5, 5.41) is 22.1. The van der Waals surface area contributed by atoms with Gasteiger partial charge in [-0.05, 0) is 41.3 Å². The quantitative estimate of drug-likeness (QED) is 0.111. The van der Waals surface area contributed by atoms with Gasteiger partial charge in [0.1, 0.15) is 5.75 Å². The molecule has 1 aliphatic heterocycles. The van der Waals surface area contributed by atoms with Crippen molar-refractivity contribution in [3.8, 4) is 5.75 Å². The Morgan fingerprint density at radius 1 is 1.07 bits per heavy atom. The predicted octanol–water partition coefficient (Wildman–Crippen LogP) is 8.01. The first kappa shape index (κ1) is 30.8. The molecule has 1 aromatic heterocycles. The van der Waals surface area contributed by atoms with Gasteiger partial charge in [0.05, 0.1) is 26.9 Å². The van der Waals surface area contributed by atoms with Gasteiger partial charge in [0.2, 0.25) is 0 Å². The highest BCUT2D eigenvalue weighted by molar-refractivity contribution is 8.01. The number of aliphatic hydroxyl groups is 1. The fraction of sp³-hybridized carbons (Fsp3) is 0.167. The molecule has 2 heterocycles. The number of carbonyl (C=O) groups is 2. The minimum absolute atomic E-state index is 0.0749. The van der Waals surface area contributed by atoms with Crippen LogP contribution in [-0.2, 0) is 4.79 Å². The Hall–Kier alpha value is -4.69. The lowest BCUT2D eigenvalue weighted by Gasteiger charge is -2.24. The smallest absolute Gasteiger partial charge is 0.503 e. The monoisotopic (exact) mass is 641 g/mol. The van der Waals surface area contributed by atoms with Crippen LogP contribution in [0.4, 0.5) is 24.0 Å². The molecule has 0 radical (unpaired) electrons. The third kappa shape index (κ3) is 6.45. The minimum atomic E-state index is -4.92. The number of ketones is 1. The third-order valence-electron chi connectivity index (χ3n) is 6.67. The highest BCUT2D eigenvalue weighted by Crippen LogP contribution is 2.45. The first-order valence-electron chi connectivity index (χ1n) is 13.0. The van der Waals surface area contributed by atoms with Gasteiger partial charge in [0.25, 0.3) is 11.6 Å². The number of anilines is 1. The molecule has 1 unspecified atom stereocenters. The summed E-state index contributed by atoms with van der Waals surface area (Å²) in [5.74, 6) is -2.65. The number of aromatic nitrogens is 1. The van der Waals surface area contributed by atoms with E-state index in [1.807, 2.05) is 13.8 Å². The first-order valence-corrected chi connectivity index (χ1v) is 14.6. The Balaban J connectivity index is 1.51. The summed E-state index contributed by atoms with van der Waals surface area (Å²) < 4.78 is 42.9. The SMILES string of the molecule is CC(C)c1ccc(C(=O)C2=C(O)C(=O)N(c3ncc(Sc4ccc([N+](=O)[O-])cc4)s3)C2c2ccc(OC(F)(F)F)cc2)cc1. The third-order valence-corrected chi connectivity index (χ3v) is 8.77. The standard InChI is InChI=1S/C30H22F3N3O6S2/c1-16(2)17-3-5-19(6-4-17)26(37)24-25(18-7-11-21(12-8-18)42-30(31,32)33)35(28(39)27(24)38)29-34-15-23(44-29)43-22-13-9-20(10-14-22)36(40)41/h3-16,25,38H,1-2H3. The summed E-state index contributed by atoms with van der Waals surface area (Å²) in [7, 11) is 0. The zero-order valence-electron chi connectivity index (χ0n) is 22.9. The van der Waals surface area contributed by atoms with Gasteiger partial charge in [-0.1, -0.05) is 73.3 Å². The van der Waals surface area contributed by atoms with Gasteiger partial charge in [0.15, 0.2) is 16.7 Å². The number of benzene rings is 3. The van der Waals surface area contributed by atoms with Gasteiger partial charge in [0, 0.05) is 22.6 Å². The van der Waals surface area contributed by atoms with E-state index in [2.05, 4.69) is 9.72 Å². The zero-order chi connectivity index (χ0) is 31.8. The van der Waals surface area contributed by atoms with Crippen LogP contribution in [-0.4, -0.2) is 33.1 Å². The molecule has 3 aromatic carbocycles. The van der Waals surface area contributed by atoms with E-state index in [1.54, 1.807) is 36.4 Å². The maximum absolute atomic E-state index is 13.8. The maximum atomic E-state index is 13.8. The summed E-state index contributed by atoms with van der Waals surface area (Å²) >= 11 is 2.30. The van der Waals surface area contributed by atoms with Crippen LogP contribution in [0.15, 0.2) is 99.4 Å². The van der Waals surface area contributed by atoms with E-state index in [1.165, 1.54) is 42.2 Å². The number of thiazole rings is 1. The molecule has 0 saturated heterocycles. The molecule has 14 heteroatoms. The molecule has 0 saturated carbocycles. The molecule has 1 N–H and O–H groups in total. The Labute approximate surface area is 256 Å². The van der Waals surface area contributed by atoms with Gasteiger partial charge in [-0.2, -0.15) is 0 Å². The van der Waals surface area contributed by atoms with Gasteiger partial charge in [-0.3, -0.25) is 24.6 Å². The number of nitro benzene ring substituents is 1. The molecule has 9 nitrogen and oxygen atoms in total. The van der Waals surface area contributed by atoms with Crippen LogP contribution in [0.3, 0.4) is 0 Å². The van der Waals surface area contributed by atoms with Crippen molar-refractivity contribution in [3.05, 3.63) is 117 Å². The molecular formula is C30H22F3N3O6S2. The largest absolute Gasteiger partial charge is 0.573 e. The number of rotatable bonds is 9. The van der Waals surface area contributed by atoms with Crippen molar-refractivity contribution in [2.45, 2.75) is 41.3 Å². The van der Waals surface area contributed by atoms with Crippen LogP contribution in [0.1, 0.15) is 47.3 Å². The van der Waals surface area contributed by atoms with E-state index in [0.717, 1.165) is 33.9 Å². The number of nitro groups is 1. The second kappa shape index (κ2) is 12.1. The van der Waals surface area contributed by atoms with E-state index < -0.39 is 40.5 Å². The van der Waals surface area contributed by atoms with Crippen molar-refractivity contribution >= 4 is 45.6 Å². The first-order chi connectivity index (χ1) is 20.8. The number of amides is 1. The molecule has 0 spiro atoms. The second-order valence-electron chi connectivity index (χ2n) is 9.88. The van der Waals surface area contributed by atoms with Gasteiger partial charge in [-0.15, -0.1) is 13.2 Å². The molecule has 1 amide bonds. The average Bonchev–Trinajstić information content (AvgIpc) is 3.54. The number of hydrogen-bond donors (Lipinski definition) is 1. The van der Waals surface area contributed by atoms with Crippen LogP contribution >= 0.6 is 23.1 Å². The highest BCUT2D eigenvalue weighted by Gasteiger charge is 2.46. The number of carbonyl (C=O) groups excluding carboxylic acids is 2. The normalized spacial score (nSPS) is 15.3. The van der Waals surface area contributed by atoms with Crippen molar-refractivity contribution in [1.29, 1.82) is 0 Å². The van der Waals surface area contributed by atoms with E-state index in [9.17, 15) is 38.0 Å². The molecule has 0 fully saturated rings. The molecule has 1 aliphatic rings. The number of non-ortho nitro benzene ring substituents is 1. The second-order valence-corrected chi connectivity index (χ2v) is 12.3. The lowest BCUT2D eigenvalue weighted by Crippen LogP contribution is -2.31.